The van der Waals surface area contributed by atoms with E-state index in [9.17, 15) is 44.7 Å². The molecule has 0 saturated heterocycles. The lowest BCUT2D eigenvalue weighted by Gasteiger charge is -2.33. The van der Waals surface area contributed by atoms with Gasteiger partial charge in [-0.2, -0.15) is 30.7 Å². The fraction of sp³-hybridized carbons (Fsp3) is 0.667. The summed E-state index contributed by atoms with van der Waals surface area (Å²) in [5.74, 6) is -21.4. The van der Waals surface area contributed by atoms with Crippen LogP contribution in [0.15, 0.2) is 0 Å². The second-order valence-corrected chi connectivity index (χ2v) is 2.92. The Morgan fingerprint density at radius 2 is 1.06 bits per heavy atom. The van der Waals surface area contributed by atoms with Crippen LogP contribution < -0.4 is 0 Å². The Morgan fingerprint density at radius 3 is 1.22 bits per heavy atom. The first-order valence-corrected chi connectivity index (χ1v) is 3.62. The van der Waals surface area contributed by atoms with Crippen molar-refractivity contribution >= 4 is 11.9 Å². The van der Waals surface area contributed by atoms with E-state index in [-0.39, 0.29) is 0 Å². The van der Waals surface area contributed by atoms with Crippen LogP contribution in [-0.2, 0) is 9.59 Å². The van der Waals surface area contributed by atoms with Gasteiger partial charge in [-0.15, -0.1) is 0 Å². The standard InChI is InChI=1S/C6H2F8O4/c7-3(1(15)16,6(12,13)14)5(10,11)4(8,9)2(17)18/h(H,15,16)(H,17,18). The van der Waals surface area contributed by atoms with Crippen LogP contribution in [0.3, 0.4) is 0 Å². The Labute approximate surface area is 91.8 Å². The van der Waals surface area contributed by atoms with Gasteiger partial charge in [0.2, 0.25) is 0 Å². The molecule has 12 heteroatoms. The van der Waals surface area contributed by atoms with E-state index in [1.807, 2.05) is 0 Å². The topological polar surface area (TPSA) is 74.6 Å². The van der Waals surface area contributed by atoms with E-state index in [2.05, 4.69) is 0 Å². The van der Waals surface area contributed by atoms with E-state index in [0.29, 0.717) is 0 Å². The zero-order chi connectivity index (χ0) is 15.2. The second kappa shape index (κ2) is 3.95. The largest absolute Gasteiger partial charge is 0.478 e. The quantitative estimate of drug-likeness (QED) is 0.773. The van der Waals surface area contributed by atoms with Gasteiger partial charge in [0.15, 0.2) is 0 Å². The number of halogens is 8. The van der Waals surface area contributed by atoms with Crippen LogP contribution in [0.2, 0.25) is 0 Å². The number of rotatable bonds is 4. The summed E-state index contributed by atoms with van der Waals surface area (Å²) in [6.45, 7) is 0. The van der Waals surface area contributed by atoms with Gasteiger partial charge < -0.3 is 10.2 Å². The number of carbonyl (C=O) groups is 2. The monoisotopic (exact) mass is 290 g/mol. The first-order valence-electron chi connectivity index (χ1n) is 3.62. The third-order valence-corrected chi connectivity index (χ3v) is 1.78. The molecule has 0 aromatic carbocycles. The maximum absolute atomic E-state index is 12.8. The van der Waals surface area contributed by atoms with Crippen molar-refractivity contribution in [2.24, 2.45) is 0 Å². The number of hydrogen-bond donors (Lipinski definition) is 2. The number of aliphatic carboxylic acids is 2. The van der Waals surface area contributed by atoms with Crippen molar-refractivity contribution in [2.75, 3.05) is 0 Å². The third-order valence-electron chi connectivity index (χ3n) is 1.78. The molecule has 0 radical (unpaired) electrons. The molecule has 0 aliphatic heterocycles. The van der Waals surface area contributed by atoms with Crippen LogP contribution in [-0.4, -0.2) is 45.8 Å². The highest BCUT2D eigenvalue weighted by molar-refractivity contribution is 5.84. The zero-order valence-electron chi connectivity index (χ0n) is 7.73. The number of carboxylic acids is 2. The normalized spacial score (nSPS) is 17.1. The molecule has 0 aromatic rings. The number of alkyl halides is 8. The Hall–Kier alpha value is -1.62. The lowest BCUT2D eigenvalue weighted by atomic mass is 9.91. The summed E-state index contributed by atoms with van der Waals surface area (Å²) in [6.07, 6.45) is -6.96. The van der Waals surface area contributed by atoms with Gasteiger partial charge in [0.1, 0.15) is 0 Å². The van der Waals surface area contributed by atoms with Crippen molar-refractivity contribution in [2.45, 2.75) is 23.7 Å². The van der Waals surface area contributed by atoms with Crippen LogP contribution in [0.5, 0.6) is 0 Å². The van der Waals surface area contributed by atoms with Gasteiger partial charge in [0.05, 0.1) is 0 Å². The maximum Gasteiger partial charge on any atom is 0.440 e. The van der Waals surface area contributed by atoms with Crippen LogP contribution in [0.25, 0.3) is 0 Å². The molecule has 4 nitrogen and oxygen atoms in total. The molecule has 0 saturated carbocycles. The van der Waals surface area contributed by atoms with Gasteiger partial charge in [-0.3, -0.25) is 0 Å². The molecule has 0 aromatic heterocycles. The fourth-order valence-corrected chi connectivity index (χ4v) is 0.784. The third kappa shape index (κ3) is 1.84. The highest BCUT2D eigenvalue weighted by Gasteiger charge is 2.86. The fourth-order valence-electron chi connectivity index (χ4n) is 0.784. The zero-order valence-corrected chi connectivity index (χ0v) is 7.73. The average molecular weight is 290 g/mol. The first-order chi connectivity index (χ1) is 7.64. The molecule has 0 bridgehead atoms. The summed E-state index contributed by atoms with van der Waals surface area (Å²) in [6, 6.07) is 0. The van der Waals surface area contributed by atoms with E-state index >= 15 is 0 Å². The van der Waals surface area contributed by atoms with Crippen molar-refractivity contribution in [3.05, 3.63) is 0 Å². The van der Waals surface area contributed by atoms with Crippen LogP contribution in [0.1, 0.15) is 0 Å². The number of carboxylic acid groups (broad SMARTS) is 2. The summed E-state index contributed by atoms with van der Waals surface area (Å²) in [4.78, 5) is 19.6. The summed E-state index contributed by atoms with van der Waals surface area (Å²) in [5, 5.41) is 15.4. The van der Waals surface area contributed by atoms with E-state index in [4.69, 9.17) is 10.2 Å². The molecular formula is C6H2F8O4. The van der Waals surface area contributed by atoms with Gasteiger partial charge >= 0.3 is 35.6 Å². The van der Waals surface area contributed by atoms with Crippen molar-refractivity contribution in [3.8, 4) is 0 Å². The SMILES string of the molecule is O=C(O)C(F)(F)C(F)(F)C(F)(C(=O)O)C(F)(F)F. The van der Waals surface area contributed by atoms with Crippen molar-refractivity contribution < 1.29 is 54.9 Å². The molecule has 0 rings (SSSR count). The van der Waals surface area contributed by atoms with Gasteiger partial charge in [0, 0.05) is 0 Å². The lowest BCUT2D eigenvalue weighted by molar-refractivity contribution is -0.338. The smallest absolute Gasteiger partial charge is 0.440 e. The van der Waals surface area contributed by atoms with E-state index in [1.165, 1.54) is 0 Å². The Morgan fingerprint density at radius 1 is 0.722 bits per heavy atom. The lowest BCUT2D eigenvalue weighted by Crippen LogP contribution is -2.69. The molecule has 0 amide bonds. The van der Waals surface area contributed by atoms with Gasteiger partial charge in [-0.1, -0.05) is 0 Å². The molecule has 0 spiro atoms. The second-order valence-electron chi connectivity index (χ2n) is 2.92. The summed E-state index contributed by atoms with van der Waals surface area (Å²) in [5.41, 5.74) is -6.75. The summed E-state index contributed by atoms with van der Waals surface area (Å²) >= 11 is 0. The minimum absolute atomic E-state index is 3.81. The molecular weight excluding hydrogens is 288 g/mol. The average Bonchev–Trinajstić information content (AvgIpc) is 2.13. The van der Waals surface area contributed by atoms with Crippen LogP contribution in [0, 0.1) is 0 Å². The minimum atomic E-state index is -7.05. The van der Waals surface area contributed by atoms with Gasteiger partial charge in [0.25, 0.3) is 0 Å². The molecule has 2 N–H and O–H groups in total. The van der Waals surface area contributed by atoms with Gasteiger partial charge in [-0.05, 0) is 0 Å². The van der Waals surface area contributed by atoms with Gasteiger partial charge in [-0.25, -0.2) is 14.0 Å². The molecule has 0 fully saturated rings. The highest BCUT2D eigenvalue weighted by Crippen LogP contribution is 2.52. The first kappa shape index (κ1) is 16.4. The molecule has 18 heavy (non-hydrogen) atoms. The predicted octanol–water partition coefficient (Wildman–Crippen LogP) is 1.70. The Bertz CT molecular complexity index is 374. The molecule has 0 heterocycles. The molecule has 1 atom stereocenters. The van der Waals surface area contributed by atoms with Crippen LogP contribution >= 0.6 is 0 Å². The molecule has 0 aliphatic rings. The summed E-state index contributed by atoms with van der Waals surface area (Å²) in [7, 11) is 0. The van der Waals surface area contributed by atoms with Crippen LogP contribution in [0.4, 0.5) is 35.1 Å². The Balaban J connectivity index is 6.12. The highest BCUT2D eigenvalue weighted by atomic mass is 19.4. The van der Waals surface area contributed by atoms with Crippen molar-refractivity contribution in [3.63, 3.8) is 0 Å². The number of hydrogen-bond acceptors (Lipinski definition) is 2. The predicted molar refractivity (Wildman–Crippen MR) is 35.1 cm³/mol. The Kier molecular flexibility index (Phi) is 3.59. The minimum Gasteiger partial charge on any atom is -0.478 e. The summed E-state index contributed by atoms with van der Waals surface area (Å²) < 4.78 is 98.5. The van der Waals surface area contributed by atoms with E-state index in [0.717, 1.165) is 0 Å². The van der Waals surface area contributed by atoms with Crippen molar-refractivity contribution in [1.29, 1.82) is 0 Å². The molecule has 1 unspecified atom stereocenters. The maximum atomic E-state index is 12.8. The van der Waals surface area contributed by atoms with E-state index < -0.39 is 35.6 Å². The molecule has 106 valence electrons. The molecule has 0 aliphatic carbocycles. The van der Waals surface area contributed by atoms with Crippen molar-refractivity contribution in [1.82, 2.24) is 0 Å². The van der Waals surface area contributed by atoms with E-state index in [1.54, 1.807) is 0 Å².